The number of benzene rings is 1. The van der Waals surface area contributed by atoms with Gasteiger partial charge in [-0.1, -0.05) is 31.2 Å². The van der Waals surface area contributed by atoms with Gasteiger partial charge in [-0.05, 0) is 12.0 Å². The minimum Gasteiger partial charge on any atom is -0.507 e. The number of aryl methyl sites for hydroxylation is 1. The molecule has 114 valence electrons. The number of hydrogen-bond donors (Lipinski definition) is 3. The molecule has 0 unspecified atom stereocenters. The molecule has 2 amide bonds. The molecule has 0 fully saturated rings. The van der Waals surface area contributed by atoms with Gasteiger partial charge in [0.15, 0.2) is 0 Å². The summed E-state index contributed by atoms with van der Waals surface area (Å²) in [5.74, 6) is -3.25. The predicted octanol–water partition coefficient (Wildman–Crippen LogP) is 0.778. The largest absolute Gasteiger partial charge is 0.507 e. The molecule has 0 aliphatic heterocycles. The minimum atomic E-state index is -1.12. The summed E-state index contributed by atoms with van der Waals surface area (Å²) in [6.45, 7) is 1.99. The fourth-order valence-corrected chi connectivity index (χ4v) is 1.49. The second-order valence-electron chi connectivity index (χ2n) is 4.28. The number of amides is 2. The van der Waals surface area contributed by atoms with E-state index in [9.17, 15) is 19.5 Å². The maximum Gasteiger partial charge on any atom is 0.310 e. The highest BCUT2D eigenvalue weighted by Crippen LogP contribution is 2.12. The standard InChI is InChI=1S/C15H15N3O4/c1-2-10-3-5-11(6-4-10)12(19)9-13(20)15(22)18-17-14(21)7-8-16/h3-6,9,19H,2,7H2,1H3,(H,17,21)(H,18,22)/b12-9-. The Morgan fingerprint density at radius 1 is 1.23 bits per heavy atom. The molecule has 0 atom stereocenters. The Balaban J connectivity index is 2.66. The van der Waals surface area contributed by atoms with Crippen LogP contribution in [0.15, 0.2) is 30.3 Å². The Morgan fingerprint density at radius 3 is 2.41 bits per heavy atom. The predicted molar refractivity (Wildman–Crippen MR) is 77.9 cm³/mol. The van der Waals surface area contributed by atoms with Crippen LogP contribution in [0.2, 0.25) is 0 Å². The number of aliphatic hydroxyl groups excluding tert-OH is 1. The van der Waals surface area contributed by atoms with Crippen LogP contribution in [0.5, 0.6) is 0 Å². The van der Waals surface area contributed by atoms with E-state index in [1.165, 1.54) is 0 Å². The summed E-state index contributed by atoms with van der Waals surface area (Å²) in [7, 11) is 0. The number of nitriles is 1. The van der Waals surface area contributed by atoms with Crippen molar-refractivity contribution in [3.05, 3.63) is 41.5 Å². The highest BCUT2D eigenvalue weighted by atomic mass is 16.3. The van der Waals surface area contributed by atoms with Gasteiger partial charge in [-0.3, -0.25) is 25.2 Å². The molecule has 0 aliphatic carbocycles. The fraction of sp³-hybridized carbons (Fsp3) is 0.200. The number of nitrogens with zero attached hydrogens (tertiary/aromatic N) is 1. The molecule has 0 radical (unpaired) electrons. The molecule has 7 nitrogen and oxygen atoms in total. The van der Waals surface area contributed by atoms with Gasteiger partial charge >= 0.3 is 5.91 Å². The molecule has 0 spiro atoms. The third-order valence-electron chi connectivity index (χ3n) is 2.70. The van der Waals surface area contributed by atoms with E-state index < -0.39 is 24.0 Å². The van der Waals surface area contributed by atoms with Crippen molar-refractivity contribution in [2.24, 2.45) is 0 Å². The van der Waals surface area contributed by atoms with E-state index in [1.807, 2.05) is 17.8 Å². The Labute approximate surface area is 127 Å². The number of hydrogen-bond acceptors (Lipinski definition) is 5. The first-order valence-corrected chi connectivity index (χ1v) is 6.48. The summed E-state index contributed by atoms with van der Waals surface area (Å²) < 4.78 is 0. The van der Waals surface area contributed by atoms with Gasteiger partial charge in [0.25, 0.3) is 5.91 Å². The highest BCUT2D eigenvalue weighted by molar-refractivity contribution is 6.41. The molecule has 22 heavy (non-hydrogen) atoms. The minimum absolute atomic E-state index is 0.355. The lowest BCUT2D eigenvalue weighted by atomic mass is 10.1. The maximum atomic E-state index is 11.6. The molecule has 1 aromatic carbocycles. The van der Waals surface area contributed by atoms with Crippen LogP contribution in [0.1, 0.15) is 24.5 Å². The Morgan fingerprint density at radius 2 is 1.86 bits per heavy atom. The maximum absolute atomic E-state index is 11.6. The third-order valence-corrected chi connectivity index (χ3v) is 2.70. The molecule has 0 saturated heterocycles. The smallest absolute Gasteiger partial charge is 0.310 e. The number of carbonyl (C=O) groups is 3. The second-order valence-corrected chi connectivity index (χ2v) is 4.28. The van der Waals surface area contributed by atoms with Gasteiger partial charge < -0.3 is 5.11 Å². The van der Waals surface area contributed by atoms with Crippen LogP contribution in [-0.4, -0.2) is 22.7 Å². The number of ketones is 1. The van der Waals surface area contributed by atoms with E-state index >= 15 is 0 Å². The van der Waals surface area contributed by atoms with Crippen LogP contribution in [0.3, 0.4) is 0 Å². The Bertz CT molecular complexity index is 642. The third kappa shape index (κ3) is 5.09. The van der Waals surface area contributed by atoms with E-state index in [4.69, 9.17) is 5.26 Å². The summed E-state index contributed by atoms with van der Waals surface area (Å²) in [5.41, 5.74) is 5.21. The van der Waals surface area contributed by atoms with Crippen molar-refractivity contribution in [3.63, 3.8) is 0 Å². The monoisotopic (exact) mass is 301 g/mol. The Hall–Kier alpha value is -3.14. The van der Waals surface area contributed by atoms with Gasteiger partial charge in [0.05, 0.1) is 6.07 Å². The topological polar surface area (TPSA) is 119 Å². The van der Waals surface area contributed by atoms with Crippen LogP contribution in [0.25, 0.3) is 5.76 Å². The molecular weight excluding hydrogens is 286 g/mol. The van der Waals surface area contributed by atoms with Gasteiger partial charge in [0.1, 0.15) is 12.2 Å². The summed E-state index contributed by atoms with van der Waals surface area (Å²) >= 11 is 0. The van der Waals surface area contributed by atoms with Crippen LogP contribution < -0.4 is 10.9 Å². The SMILES string of the molecule is CCc1ccc(/C(O)=C/C(=O)C(=O)NNC(=O)CC#N)cc1. The zero-order valence-electron chi connectivity index (χ0n) is 11.9. The molecular formula is C15H15N3O4. The average Bonchev–Trinajstić information content (AvgIpc) is 2.52. The molecule has 0 heterocycles. The number of nitrogens with one attached hydrogen (secondary N) is 2. The summed E-state index contributed by atoms with van der Waals surface area (Å²) in [4.78, 5) is 33.9. The normalized spacial score (nSPS) is 10.5. The first-order valence-electron chi connectivity index (χ1n) is 6.48. The van der Waals surface area contributed by atoms with Crippen LogP contribution in [0.4, 0.5) is 0 Å². The van der Waals surface area contributed by atoms with Crippen molar-refractivity contribution >= 4 is 23.4 Å². The van der Waals surface area contributed by atoms with E-state index in [0.29, 0.717) is 5.56 Å². The lowest BCUT2D eigenvalue weighted by Gasteiger charge is -2.04. The quantitative estimate of drug-likeness (QED) is 0.321. The lowest BCUT2D eigenvalue weighted by Crippen LogP contribution is -2.44. The fourth-order valence-electron chi connectivity index (χ4n) is 1.49. The highest BCUT2D eigenvalue weighted by Gasteiger charge is 2.13. The van der Waals surface area contributed by atoms with Crippen LogP contribution >= 0.6 is 0 Å². The summed E-state index contributed by atoms with van der Waals surface area (Å²) in [6.07, 6.45) is 1.15. The molecule has 0 bridgehead atoms. The Kier molecular flexibility index (Phi) is 6.32. The molecule has 1 aromatic rings. The van der Waals surface area contributed by atoms with E-state index in [1.54, 1.807) is 30.3 Å². The molecule has 0 aromatic heterocycles. The first-order chi connectivity index (χ1) is 10.5. The van der Waals surface area contributed by atoms with Gasteiger partial charge in [0.2, 0.25) is 5.78 Å². The summed E-state index contributed by atoms with van der Waals surface area (Å²) in [6, 6.07) is 8.44. The lowest BCUT2D eigenvalue weighted by molar-refractivity contribution is -0.137. The van der Waals surface area contributed by atoms with Crippen molar-refractivity contribution in [2.45, 2.75) is 19.8 Å². The number of aliphatic hydroxyl groups is 1. The average molecular weight is 301 g/mol. The second kappa shape index (κ2) is 8.21. The van der Waals surface area contributed by atoms with Crippen molar-refractivity contribution in [3.8, 4) is 6.07 Å². The zero-order chi connectivity index (χ0) is 16.5. The van der Waals surface area contributed by atoms with Gasteiger partial charge in [-0.25, -0.2) is 0 Å². The van der Waals surface area contributed by atoms with Crippen molar-refractivity contribution in [1.82, 2.24) is 10.9 Å². The van der Waals surface area contributed by atoms with E-state index in [2.05, 4.69) is 0 Å². The molecule has 7 heteroatoms. The molecule has 0 saturated carbocycles. The van der Waals surface area contributed by atoms with Crippen LogP contribution in [0, 0.1) is 11.3 Å². The van der Waals surface area contributed by atoms with Crippen LogP contribution in [-0.2, 0) is 20.8 Å². The van der Waals surface area contributed by atoms with Crippen molar-refractivity contribution < 1.29 is 19.5 Å². The first kappa shape index (κ1) is 16.9. The summed E-state index contributed by atoms with van der Waals surface area (Å²) in [5, 5.41) is 18.1. The molecule has 0 aliphatic rings. The molecule has 3 N–H and O–H groups in total. The number of carbonyl (C=O) groups excluding carboxylic acids is 3. The van der Waals surface area contributed by atoms with E-state index in [-0.39, 0.29) is 5.76 Å². The van der Waals surface area contributed by atoms with Gasteiger partial charge in [0, 0.05) is 11.6 Å². The van der Waals surface area contributed by atoms with Crippen molar-refractivity contribution in [2.75, 3.05) is 0 Å². The van der Waals surface area contributed by atoms with E-state index in [0.717, 1.165) is 18.1 Å². The number of hydrazine groups is 1. The number of rotatable bonds is 5. The molecule has 1 rings (SSSR count). The van der Waals surface area contributed by atoms with Gasteiger partial charge in [-0.2, -0.15) is 5.26 Å². The van der Waals surface area contributed by atoms with Crippen molar-refractivity contribution in [1.29, 1.82) is 5.26 Å². The zero-order valence-corrected chi connectivity index (χ0v) is 11.9. The van der Waals surface area contributed by atoms with Gasteiger partial charge in [-0.15, -0.1) is 0 Å².